The van der Waals surface area contributed by atoms with Crippen molar-refractivity contribution < 1.29 is 24.5 Å². The summed E-state index contributed by atoms with van der Waals surface area (Å²) >= 11 is 0. The molecule has 1 atom stereocenters. The average Bonchev–Trinajstić information content (AvgIpc) is 2.39. The molecule has 1 rings (SSSR count). The second-order valence-corrected chi connectivity index (χ2v) is 4.63. The number of ether oxygens (including phenoxy) is 1. The van der Waals surface area contributed by atoms with Crippen LogP contribution in [-0.4, -0.2) is 35.4 Å². The molecule has 0 amide bonds. The largest absolute Gasteiger partial charge is 0.480 e. The van der Waals surface area contributed by atoms with E-state index in [9.17, 15) is 14.7 Å². The Hall–Kier alpha value is -1.88. The van der Waals surface area contributed by atoms with E-state index in [4.69, 9.17) is 9.84 Å². The lowest BCUT2D eigenvalue weighted by molar-refractivity contribution is -0.162. The molecule has 0 heterocycles. The van der Waals surface area contributed by atoms with Crippen molar-refractivity contribution in [1.82, 2.24) is 0 Å². The van der Waals surface area contributed by atoms with Gasteiger partial charge in [-0.1, -0.05) is 29.8 Å². The molecule has 1 unspecified atom stereocenters. The van der Waals surface area contributed by atoms with E-state index in [1.807, 2.05) is 13.0 Å². The van der Waals surface area contributed by atoms with Crippen LogP contribution in [-0.2, 0) is 19.7 Å². The fourth-order valence-corrected chi connectivity index (χ4v) is 2.19. The molecular weight excluding hydrogens is 260 g/mol. The fraction of sp³-hybridized carbons (Fsp3) is 0.467. The Bertz CT molecular complexity index is 483. The van der Waals surface area contributed by atoms with Crippen LogP contribution in [0.25, 0.3) is 0 Å². The SMILES string of the molecule is CCOC(=O)C(CCCO)(C(=O)O)c1cccc(C)c1. The van der Waals surface area contributed by atoms with Gasteiger partial charge in [-0.05, 0) is 32.3 Å². The maximum atomic E-state index is 12.2. The van der Waals surface area contributed by atoms with Gasteiger partial charge < -0.3 is 14.9 Å². The molecule has 0 radical (unpaired) electrons. The lowest BCUT2D eigenvalue weighted by Gasteiger charge is -2.27. The monoisotopic (exact) mass is 280 g/mol. The van der Waals surface area contributed by atoms with Gasteiger partial charge in [-0.3, -0.25) is 9.59 Å². The highest BCUT2D eigenvalue weighted by Crippen LogP contribution is 2.32. The van der Waals surface area contributed by atoms with E-state index in [0.29, 0.717) is 5.56 Å². The molecule has 0 bridgehead atoms. The summed E-state index contributed by atoms with van der Waals surface area (Å²) in [6.07, 6.45) is 0.209. The standard InChI is InChI=1S/C15H20O5/c1-3-20-14(19)15(13(17)18,8-5-9-16)12-7-4-6-11(2)10-12/h4,6-7,10,16H,3,5,8-9H2,1-2H3,(H,17,18). The predicted octanol–water partition coefficient (Wildman–Crippen LogP) is 1.65. The zero-order valence-electron chi connectivity index (χ0n) is 11.8. The Labute approximate surface area is 118 Å². The molecule has 110 valence electrons. The van der Waals surface area contributed by atoms with Crippen molar-refractivity contribution >= 4 is 11.9 Å². The molecule has 0 saturated heterocycles. The van der Waals surface area contributed by atoms with Gasteiger partial charge in [0.1, 0.15) is 0 Å². The number of esters is 1. The fourth-order valence-electron chi connectivity index (χ4n) is 2.19. The number of aliphatic carboxylic acids is 1. The van der Waals surface area contributed by atoms with Crippen LogP contribution in [0.4, 0.5) is 0 Å². The first-order valence-electron chi connectivity index (χ1n) is 6.57. The summed E-state index contributed by atoms with van der Waals surface area (Å²) in [5, 5.41) is 18.6. The van der Waals surface area contributed by atoms with Gasteiger partial charge in [0.25, 0.3) is 0 Å². The highest BCUT2D eigenvalue weighted by molar-refractivity contribution is 6.05. The molecule has 0 saturated carbocycles. The van der Waals surface area contributed by atoms with Crippen molar-refractivity contribution in [2.24, 2.45) is 0 Å². The van der Waals surface area contributed by atoms with Crippen molar-refractivity contribution in [2.45, 2.75) is 32.1 Å². The Balaban J connectivity index is 3.36. The lowest BCUT2D eigenvalue weighted by Crippen LogP contribution is -2.45. The Morgan fingerprint density at radius 3 is 2.55 bits per heavy atom. The van der Waals surface area contributed by atoms with Gasteiger partial charge in [-0.25, -0.2) is 0 Å². The van der Waals surface area contributed by atoms with Gasteiger partial charge in [-0.15, -0.1) is 0 Å². The quantitative estimate of drug-likeness (QED) is 0.586. The van der Waals surface area contributed by atoms with Crippen LogP contribution in [0.3, 0.4) is 0 Å². The van der Waals surface area contributed by atoms with E-state index in [-0.39, 0.29) is 26.1 Å². The first-order chi connectivity index (χ1) is 9.48. The smallest absolute Gasteiger partial charge is 0.328 e. The third kappa shape index (κ3) is 3.17. The maximum Gasteiger partial charge on any atom is 0.328 e. The van der Waals surface area contributed by atoms with Gasteiger partial charge in [0.05, 0.1) is 6.61 Å². The number of hydrogen-bond acceptors (Lipinski definition) is 4. The highest BCUT2D eigenvalue weighted by atomic mass is 16.5. The molecule has 0 aliphatic carbocycles. The summed E-state index contributed by atoms with van der Waals surface area (Å²) in [5.74, 6) is -2.04. The minimum atomic E-state index is -1.76. The number of carbonyl (C=O) groups is 2. The third-order valence-electron chi connectivity index (χ3n) is 3.21. The molecule has 0 aliphatic rings. The molecule has 0 fully saturated rings. The number of benzene rings is 1. The molecule has 20 heavy (non-hydrogen) atoms. The Kier molecular flexibility index (Phi) is 5.70. The molecule has 2 N–H and O–H groups in total. The van der Waals surface area contributed by atoms with Crippen LogP contribution in [0.1, 0.15) is 30.9 Å². The third-order valence-corrected chi connectivity index (χ3v) is 3.21. The van der Waals surface area contributed by atoms with Gasteiger partial charge in [-0.2, -0.15) is 0 Å². The van der Waals surface area contributed by atoms with Crippen molar-refractivity contribution in [2.75, 3.05) is 13.2 Å². The highest BCUT2D eigenvalue weighted by Gasteiger charge is 2.48. The van der Waals surface area contributed by atoms with Gasteiger partial charge in [0.2, 0.25) is 0 Å². The van der Waals surface area contributed by atoms with Crippen LogP contribution in [0.15, 0.2) is 24.3 Å². The molecule has 5 nitrogen and oxygen atoms in total. The molecule has 1 aromatic rings. The topological polar surface area (TPSA) is 83.8 Å². The molecule has 1 aromatic carbocycles. The van der Waals surface area contributed by atoms with Gasteiger partial charge in [0, 0.05) is 6.61 Å². The van der Waals surface area contributed by atoms with Crippen molar-refractivity contribution in [3.63, 3.8) is 0 Å². The number of carbonyl (C=O) groups excluding carboxylic acids is 1. The number of carboxylic acids is 1. The molecule has 0 spiro atoms. The number of aryl methyl sites for hydroxylation is 1. The van der Waals surface area contributed by atoms with Crippen molar-refractivity contribution in [3.05, 3.63) is 35.4 Å². The number of carboxylic acid groups (broad SMARTS) is 1. The van der Waals surface area contributed by atoms with E-state index in [1.54, 1.807) is 25.1 Å². The first-order valence-corrected chi connectivity index (χ1v) is 6.57. The van der Waals surface area contributed by atoms with Gasteiger partial charge >= 0.3 is 11.9 Å². The summed E-state index contributed by atoms with van der Waals surface area (Å²) in [4.78, 5) is 24.0. The molecule has 5 heteroatoms. The van der Waals surface area contributed by atoms with E-state index in [1.165, 1.54) is 0 Å². The first kappa shape index (κ1) is 16.2. The number of hydrogen-bond donors (Lipinski definition) is 2. The zero-order valence-corrected chi connectivity index (χ0v) is 11.8. The van der Waals surface area contributed by atoms with E-state index < -0.39 is 17.4 Å². The summed E-state index contributed by atoms with van der Waals surface area (Å²) in [6.45, 7) is 3.39. The van der Waals surface area contributed by atoms with Crippen LogP contribution >= 0.6 is 0 Å². The van der Waals surface area contributed by atoms with Crippen molar-refractivity contribution in [1.29, 1.82) is 0 Å². The number of rotatable bonds is 7. The van der Waals surface area contributed by atoms with Gasteiger partial charge in [0.15, 0.2) is 5.41 Å². The normalized spacial score (nSPS) is 13.6. The van der Waals surface area contributed by atoms with E-state index >= 15 is 0 Å². The minimum Gasteiger partial charge on any atom is -0.480 e. The second-order valence-electron chi connectivity index (χ2n) is 4.63. The maximum absolute atomic E-state index is 12.2. The number of aliphatic hydroxyl groups is 1. The van der Waals surface area contributed by atoms with Crippen LogP contribution in [0, 0.1) is 6.92 Å². The van der Waals surface area contributed by atoms with Crippen molar-refractivity contribution in [3.8, 4) is 0 Å². The van der Waals surface area contributed by atoms with Crippen LogP contribution < -0.4 is 0 Å². The second kappa shape index (κ2) is 7.05. The summed E-state index contributed by atoms with van der Waals surface area (Å²) in [6, 6.07) is 6.81. The van der Waals surface area contributed by atoms with E-state index in [2.05, 4.69) is 0 Å². The van der Waals surface area contributed by atoms with Crippen LogP contribution in [0.5, 0.6) is 0 Å². The molecular formula is C15H20O5. The van der Waals surface area contributed by atoms with E-state index in [0.717, 1.165) is 5.56 Å². The number of aliphatic hydroxyl groups excluding tert-OH is 1. The Morgan fingerprint density at radius 1 is 1.35 bits per heavy atom. The predicted molar refractivity (Wildman–Crippen MR) is 73.4 cm³/mol. The summed E-state index contributed by atoms with van der Waals surface area (Å²) < 4.78 is 4.96. The zero-order chi connectivity index (χ0) is 15.2. The summed E-state index contributed by atoms with van der Waals surface area (Å²) in [7, 11) is 0. The molecule has 0 aliphatic heterocycles. The van der Waals surface area contributed by atoms with Crippen LogP contribution in [0.2, 0.25) is 0 Å². The summed E-state index contributed by atoms with van der Waals surface area (Å²) in [5.41, 5.74) is -0.511. The lowest BCUT2D eigenvalue weighted by atomic mass is 9.76. The minimum absolute atomic E-state index is 0.00111. The molecule has 0 aromatic heterocycles. The average molecular weight is 280 g/mol. The Morgan fingerprint density at radius 2 is 2.05 bits per heavy atom.